The van der Waals surface area contributed by atoms with Gasteiger partial charge >= 0.3 is 0 Å². The quantitative estimate of drug-likeness (QED) is 0.102. The average Bonchev–Trinajstić information content (AvgIpc) is 3.42. The number of carbonyl (C=O) groups is 1. The summed E-state index contributed by atoms with van der Waals surface area (Å²) in [6.07, 6.45) is 1.57. The zero-order valence-electron chi connectivity index (χ0n) is 22.1. The van der Waals surface area contributed by atoms with Crippen molar-refractivity contribution in [3.8, 4) is 34.3 Å². The second-order valence-corrected chi connectivity index (χ2v) is 10.0. The lowest BCUT2D eigenvalue weighted by atomic mass is 10.2. The van der Waals surface area contributed by atoms with E-state index in [1.807, 2.05) is 102 Å². The van der Waals surface area contributed by atoms with Gasteiger partial charge in [0.05, 0.1) is 18.6 Å². The van der Waals surface area contributed by atoms with Crippen LogP contribution in [-0.2, 0) is 4.79 Å². The molecule has 0 saturated carbocycles. The highest BCUT2D eigenvalue weighted by Gasteiger charge is 2.17. The predicted octanol–water partition coefficient (Wildman–Crippen LogP) is 7.02. The Morgan fingerprint density at radius 2 is 1.68 bits per heavy atom. The van der Waals surface area contributed by atoms with Crippen LogP contribution >= 0.6 is 23.4 Å². The van der Waals surface area contributed by atoms with Crippen LogP contribution in [-0.4, -0.2) is 39.2 Å². The molecule has 5 aromatic rings. The first-order valence-electron chi connectivity index (χ1n) is 12.8. The van der Waals surface area contributed by atoms with E-state index in [0.717, 1.165) is 28.3 Å². The lowest BCUT2D eigenvalue weighted by molar-refractivity contribution is -0.118. The molecule has 41 heavy (non-hydrogen) atoms. The summed E-state index contributed by atoms with van der Waals surface area (Å²) in [7, 11) is 0. The first-order valence-corrected chi connectivity index (χ1v) is 14.2. The van der Waals surface area contributed by atoms with E-state index in [-0.39, 0.29) is 11.7 Å². The van der Waals surface area contributed by atoms with E-state index in [2.05, 4.69) is 20.7 Å². The molecule has 1 N–H and O–H groups in total. The van der Waals surface area contributed by atoms with E-state index in [4.69, 9.17) is 21.1 Å². The standard InChI is InChI=1S/C31H26ClN5O3S/c1-2-39-26-17-15-25(16-18-26)37-30(23-11-13-24(32)14-12-23)35-36-31(37)41-21-29(38)34-33-20-22-7-6-10-28(19-22)40-27-8-4-3-5-9-27/h3-20H,2,21H2,1H3,(H,34,38). The first-order chi connectivity index (χ1) is 20.1. The Morgan fingerprint density at radius 1 is 0.927 bits per heavy atom. The number of thioether (sulfide) groups is 1. The third kappa shape index (κ3) is 7.53. The van der Waals surface area contributed by atoms with Crippen molar-refractivity contribution in [1.29, 1.82) is 0 Å². The molecule has 206 valence electrons. The molecular weight excluding hydrogens is 558 g/mol. The molecule has 0 fully saturated rings. The molecule has 0 aliphatic heterocycles. The third-order valence-corrected chi connectivity index (χ3v) is 6.89. The highest BCUT2D eigenvalue weighted by atomic mass is 35.5. The van der Waals surface area contributed by atoms with Crippen molar-refractivity contribution in [2.24, 2.45) is 5.10 Å². The molecule has 1 amide bonds. The summed E-state index contributed by atoms with van der Waals surface area (Å²) in [6.45, 7) is 2.52. The number of rotatable bonds is 11. The lowest BCUT2D eigenvalue weighted by Gasteiger charge is -2.11. The number of benzene rings is 4. The van der Waals surface area contributed by atoms with Gasteiger partial charge in [0, 0.05) is 16.3 Å². The highest BCUT2D eigenvalue weighted by Crippen LogP contribution is 2.29. The number of aromatic nitrogens is 3. The summed E-state index contributed by atoms with van der Waals surface area (Å²) in [5, 5.41) is 14.1. The van der Waals surface area contributed by atoms with E-state index in [1.165, 1.54) is 11.8 Å². The SMILES string of the molecule is CCOc1ccc(-n2c(SCC(=O)NN=Cc3cccc(Oc4ccccc4)c3)nnc2-c2ccc(Cl)cc2)cc1. The monoisotopic (exact) mass is 583 g/mol. The Labute approximate surface area is 247 Å². The fourth-order valence-corrected chi connectivity index (χ4v) is 4.73. The van der Waals surface area contributed by atoms with E-state index in [1.54, 1.807) is 18.3 Å². The van der Waals surface area contributed by atoms with Gasteiger partial charge in [-0.05, 0) is 85.3 Å². The highest BCUT2D eigenvalue weighted by molar-refractivity contribution is 7.99. The number of carbonyl (C=O) groups excluding carboxylic acids is 1. The number of halogens is 1. The molecule has 1 aromatic heterocycles. The Morgan fingerprint density at radius 3 is 2.44 bits per heavy atom. The Bertz CT molecular complexity index is 1620. The van der Waals surface area contributed by atoms with Gasteiger partial charge in [0.1, 0.15) is 17.2 Å². The maximum Gasteiger partial charge on any atom is 0.250 e. The summed E-state index contributed by atoms with van der Waals surface area (Å²) >= 11 is 7.35. The summed E-state index contributed by atoms with van der Waals surface area (Å²) < 4.78 is 13.3. The summed E-state index contributed by atoms with van der Waals surface area (Å²) in [5.41, 5.74) is 5.04. The van der Waals surface area contributed by atoms with E-state index >= 15 is 0 Å². The number of hydrazone groups is 1. The second kappa shape index (κ2) is 13.6. The second-order valence-electron chi connectivity index (χ2n) is 8.64. The summed E-state index contributed by atoms with van der Waals surface area (Å²) in [5.74, 6) is 2.61. The molecule has 0 aliphatic carbocycles. The van der Waals surface area contributed by atoms with E-state index < -0.39 is 0 Å². The molecular formula is C31H26ClN5O3S. The zero-order chi connectivity index (χ0) is 28.4. The summed E-state index contributed by atoms with van der Waals surface area (Å²) in [6, 6.07) is 32.0. The number of ether oxygens (including phenoxy) is 2. The van der Waals surface area contributed by atoms with Crippen molar-refractivity contribution < 1.29 is 14.3 Å². The van der Waals surface area contributed by atoms with Crippen molar-refractivity contribution in [2.75, 3.05) is 12.4 Å². The Hall–Kier alpha value is -4.60. The van der Waals surface area contributed by atoms with Gasteiger partial charge in [-0.1, -0.05) is 53.7 Å². The number of amides is 1. The Kier molecular flexibility index (Phi) is 9.30. The van der Waals surface area contributed by atoms with Crippen molar-refractivity contribution in [3.05, 3.63) is 114 Å². The Balaban J connectivity index is 1.26. The van der Waals surface area contributed by atoms with Crippen molar-refractivity contribution in [1.82, 2.24) is 20.2 Å². The normalized spacial score (nSPS) is 11.0. The van der Waals surface area contributed by atoms with E-state index in [0.29, 0.717) is 28.4 Å². The van der Waals surface area contributed by atoms with Crippen LogP contribution in [0.2, 0.25) is 5.02 Å². The van der Waals surface area contributed by atoms with Crippen LogP contribution in [0.5, 0.6) is 17.2 Å². The van der Waals surface area contributed by atoms with Crippen LogP contribution in [0, 0.1) is 0 Å². The first kappa shape index (κ1) is 27.9. The zero-order valence-corrected chi connectivity index (χ0v) is 23.7. The van der Waals surface area contributed by atoms with Crippen LogP contribution in [0.3, 0.4) is 0 Å². The van der Waals surface area contributed by atoms with Gasteiger partial charge in [-0.15, -0.1) is 10.2 Å². The van der Waals surface area contributed by atoms with Crippen LogP contribution in [0.15, 0.2) is 113 Å². The molecule has 0 saturated heterocycles. The van der Waals surface area contributed by atoms with Gasteiger partial charge in [-0.2, -0.15) is 5.10 Å². The fraction of sp³-hybridized carbons (Fsp3) is 0.0968. The molecule has 4 aromatic carbocycles. The predicted molar refractivity (Wildman–Crippen MR) is 162 cm³/mol. The molecule has 10 heteroatoms. The van der Waals surface area contributed by atoms with Crippen LogP contribution in [0.25, 0.3) is 17.1 Å². The minimum absolute atomic E-state index is 0.0876. The van der Waals surface area contributed by atoms with Gasteiger partial charge in [0.15, 0.2) is 11.0 Å². The maximum atomic E-state index is 12.6. The van der Waals surface area contributed by atoms with Gasteiger partial charge in [-0.25, -0.2) is 5.43 Å². The lowest BCUT2D eigenvalue weighted by Crippen LogP contribution is -2.20. The summed E-state index contributed by atoms with van der Waals surface area (Å²) in [4.78, 5) is 12.6. The molecule has 5 rings (SSSR count). The van der Waals surface area contributed by atoms with Gasteiger partial charge in [0.25, 0.3) is 5.91 Å². The fourth-order valence-electron chi connectivity index (χ4n) is 3.86. The minimum Gasteiger partial charge on any atom is -0.494 e. The number of para-hydroxylation sites is 1. The topological polar surface area (TPSA) is 90.6 Å². The minimum atomic E-state index is -0.280. The number of hydrogen-bond acceptors (Lipinski definition) is 7. The molecule has 0 unspecified atom stereocenters. The molecule has 0 radical (unpaired) electrons. The van der Waals surface area contributed by atoms with Crippen LogP contribution in [0.4, 0.5) is 0 Å². The van der Waals surface area contributed by atoms with Crippen LogP contribution in [0.1, 0.15) is 12.5 Å². The number of nitrogens with one attached hydrogen (secondary N) is 1. The van der Waals surface area contributed by atoms with Crippen molar-refractivity contribution in [2.45, 2.75) is 12.1 Å². The molecule has 8 nitrogen and oxygen atoms in total. The number of nitrogens with zero attached hydrogens (tertiary/aromatic N) is 4. The smallest absolute Gasteiger partial charge is 0.250 e. The van der Waals surface area contributed by atoms with E-state index in [9.17, 15) is 4.79 Å². The molecule has 0 bridgehead atoms. The van der Waals surface area contributed by atoms with Crippen LogP contribution < -0.4 is 14.9 Å². The van der Waals surface area contributed by atoms with Gasteiger partial charge in [-0.3, -0.25) is 9.36 Å². The molecule has 1 heterocycles. The van der Waals surface area contributed by atoms with Crippen molar-refractivity contribution in [3.63, 3.8) is 0 Å². The maximum absolute atomic E-state index is 12.6. The molecule has 0 atom stereocenters. The average molecular weight is 584 g/mol. The third-order valence-electron chi connectivity index (χ3n) is 5.71. The number of hydrogen-bond donors (Lipinski definition) is 1. The van der Waals surface area contributed by atoms with Gasteiger partial charge in [0.2, 0.25) is 0 Å². The van der Waals surface area contributed by atoms with Gasteiger partial charge < -0.3 is 9.47 Å². The molecule has 0 spiro atoms. The largest absolute Gasteiger partial charge is 0.494 e. The molecule has 0 aliphatic rings. The van der Waals surface area contributed by atoms with Crippen molar-refractivity contribution >= 4 is 35.5 Å².